The number of hydrogen-bond donors (Lipinski definition) is 1. The molecule has 0 aliphatic rings. The lowest BCUT2D eigenvalue weighted by Gasteiger charge is -2.19. The van der Waals surface area contributed by atoms with Crippen molar-refractivity contribution in [2.24, 2.45) is 0 Å². The number of carbonyl (C=O) groups is 2. The van der Waals surface area contributed by atoms with E-state index in [0.717, 1.165) is 5.39 Å². The molecule has 0 aliphatic carbocycles. The van der Waals surface area contributed by atoms with Gasteiger partial charge in [-0.2, -0.15) is 9.78 Å². The molecule has 7 heteroatoms. The molecule has 1 heterocycles. The van der Waals surface area contributed by atoms with Crippen molar-refractivity contribution in [2.45, 2.75) is 26.1 Å². The number of carbonyl (C=O) groups excluding carboxylic acids is 1. The van der Waals surface area contributed by atoms with Crippen molar-refractivity contribution < 1.29 is 24.2 Å². The van der Waals surface area contributed by atoms with Gasteiger partial charge in [0.05, 0.1) is 24.9 Å². The van der Waals surface area contributed by atoms with Crippen LogP contribution < -0.4 is 4.74 Å². The van der Waals surface area contributed by atoms with Crippen LogP contribution >= 0.6 is 0 Å². The lowest BCUT2D eigenvalue weighted by Crippen LogP contribution is -2.34. The number of para-hydroxylation sites is 1. The molecule has 2 aromatic carbocycles. The molecule has 0 amide bonds. The number of aliphatic carboxylic acids is 1. The molecular weight excluding hydrogens is 348 g/mol. The third-order valence-corrected chi connectivity index (χ3v) is 4.28. The van der Waals surface area contributed by atoms with Gasteiger partial charge in [-0.3, -0.25) is 4.79 Å². The van der Waals surface area contributed by atoms with Crippen LogP contribution in [0.3, 0.4) is 0 Å². The highest BCUT2D eigenvalue weighted by atomic mass is 16.5. The van der Waals surface area contributed by atoms with E-state index >= 15 is 0 Å². The summed E-state index contributed by atoms with van der Waals surface area (Å²) < 4.78 is 11.9. The molecule has 0 bridgehead atoms. The van der Waals surface area contributed by atoms with Gasteiger partial charge in [0.15, 0.2) is 5.60 Å². The minimum Gasteiger partial charge on any atom is -0.497 e. The monoisotopic (exact) mass is 368 g/mol. The molecule has 1 aromatic heterocycles. The van der Waals surface area contributed by atoms with Crippen LogP contribution in [0.5, 0.6) is 5.75 Å². The average molecular weight is 368 g/mol. The number of carboxylic acid groups (broad SMARTS) is 1. The van der Waals surface area contributed by atoms with Crippen LogP contribution in [0.2, 0.25) is 0 Å². The number of rotatable bonds is 6. The number of hydrogen-bond acceptors (Lipinski definition) is 5. The van der Waals surface area contributed by atoms with Gasteiger partial charge in [0, 0.05) is 10.9 Å². The van der Waals surface area contributed by atoms with Crippen molar-refractivity contribution in [3.63, 3.8) is 0 Å². The van der Waals surface area contributed by atoms with Crippen LogP contribution in [0.25, 0.3) is 10.9 Å². The van der Waals surface area contributed by atoms with E-state index in [-0.39, 0.29) is 12.5 Å². The zero-order chi connectivity index (χ0) is 19.6. The molecule has 3 aromatic rings. The molecule has 0 aliphatic heterocycles. The quantitative estimate of drug-likeness (QED) is 0.719. The fraction of sp³-hybridized carbons (Fsp3) is 0.250. The summed E-state index contributed by atoms with van der Waals surface area (Å²) in [6, 6.07) is 14.0. The first-order chi connectivity index (χ1) is 12.8. The molecule has 0 unspecified atom stereocenters. The molecule has 0 fully saturated rings. The third kappa shape index (κ3) is 3.68. The molecule has 7 nitrogen and oxygen atoms in total. The van der Waals surface area contributed by atoms with Crippen molar-refractivity contribution in [1.29, 1.82) is 0 Å². The van der Waals surface area contributed by atoms with Crippen molar-refractivity contribution in [2.75, 3.05) is 7.11 Å². The van der Waals surface area contributed by atoms with Crippen LogP contribution in [0.1, 0.15) is 29.9 Å². The number of nitrogens with zero attached hydrogens (tertiary/aromatic N) is 2. The van der Waals surface area contributed by atoms with Gasteiger partial charge in [0.2, 0.25) is 0 Å². The van der Waals surface area contributed by atoms with E-state index < -0.39 is 11.6 Å². The molecule has 1 N–H and O–H groups in total. The number of methoxy groups -OCH3 is 1. The van der Waals surface area contributed by atoms with Gasteiger partial charge in [0.25, 0.3) is 5.91 Å². The van der Waals surface area contributed by atoms with E-state index in [1.54, 1.807) is 37.4 Å². The predicted molar refractivity (Wildman–Crippen MR) is 99.0 cm³/mol. The first-order valence-electron chi connectivity index (χ1n) is 8.36. The molecule has 0 saturated carbocycles. The van der Waals surface area contributed by atoms with E-state index in [4.69, 9.17) is 9.47 Å². The SMILES string of the molecule is COc1ccc(C(=O)n2nc(COC(C)(C)C(=O)O)c3ccccc32)cc1. The van der Waals surface area contributed by atoms with Crippen molar-refractivity contribution in [1.82, 2.24) is 9.78 Å². The van der Waals surface area contributed by atoms with Gasteiger partial charge in [-0.1, -0.05) is 18.2 Å². The Kier molecular flexibility index (Phi) is 4.96. The molecule has 0 atom stereocenters. The van der Waals surface area contributed by atoms with Gasteiger partial charge >= 0.3 is 5.97 Å². The average Bonchev–Trinajstić information content (AvgIpc) is 3.05. The molecular formula is C20H20N2O5. The Morgan fingerprint density at radius 1 is 1.11 bits per heavy atom. The Balaban J connectivity index is 1.96. The zero-order valence-electron chi connectivity index (χ0n) is 15.3. The maximum absolute atomic E-state index is 12.9. The molecule has 140 valence electrons. The topological polar surface area (TPSA) is 90.7 Å². The second-order valence-corrected chi connectivity index (χ2v) is 6.51. The summed E-state index contributed by atoms with van der Waals surface area (Å²) in [5.74, 6) is -0.708. The molecule has 0 radical (unpaired) electrons. The van der Waals surface area contributed by atoms with Crippen LogP contribution in [0.4, 0.5) is 0 Å². The summed E-state index contributed by atoms with van der Waals surface area (Å²) in [7, 11) is 1.56. The van der Waals surface area contributed by atoms with Gasteiger partial charge in [-0.25, -0.2) is 4.79 Å². The Bertz CT molecular complexity index is 989. The summed E-state index contributed by atoms with van der Waals surface area (Å²) in [5, 5.41) is 14.3. The Morgan fingerprint density at radius 3 is 2.41 bits per heavy atom. The summed E-state index contributed by atoms with van der Waals surface area (Å²) in [5.41, 5.74) is 0.236. The number of aromatic nitrogens is 2. The summed E-state index contributed by atoms with van der Waals surface area (Å²) in [6.45, 7) is 2.91. The van der Waals surface area contributed by atoms with Gasteiger partial charge < -0.3 is 14.6 Å². The minimum absolute atomic E-state index is 0.0251. The first-order valence-corrected chi connectivity index (χ1v) is 8.36. The third-order valence-electron chi connectivity index (χ3n) is 4.28. The molecule has 0 spiro atoms. The largest absolute Gasteiger partial charge is 0.497 e. The van der Waals surface area contributed by atoms with Crippen LogP contribution in [-0.4, -0.2) is 39.5 Å². The number of carboxylic acids is 1. The molecule has 27 heavy (non-hydrogen) atoms. The Morgan fingerprint density at radius 2 is 1.78 bits per heavy atom. The lowest BCUT2D eigenvalue weighted by molar-refractivity contribution is -0.162. The first kappa shape index (κ1) is 18.6. The normalized spacial score (nSPS) is 11.5. The van der Waals surface area contributed by atoms with Crippen LogP contribution in [0, 0.1) is 0 Å². The Labute approximate surface area is 156 Å². The summed E-state index contributed by atoms with van der Waals surface area (Å²) in [4.78, 5) is 24.1. The van der Waals surface area contributed by atoms with E-state index in [9.17, 15) is 14.7 Å². The zero-order valence-corrected chi connectivity index (χ0v) is 15.3. The summed E-state index contributed by atoms with van der Waals surface area (Å²) >= 11 is 0. The second-order valence-electron chi connectivity index (χ2n) is 6.51. The highest BCUT2D eigenvalue weighted by Gasteiger charge is 2.29. The van der Waals surface area contributed by atoms with Gasteiger partial charge in [-0.05, 0) is 44.2 Å². The Hall–Kier alpha value is -3.19. The van der Waals surface area contributed by atoms with E-state index in [1.165, 1.54) is 18.5 Å². The number of ether oxygens (including phenoxy) is 2. The van der Waals surface area contributed by atoms with Crippen molar-refractivity contribution in [3.8, 4) is 5.75 Å². The van der Waals surface area contributed by atoms with Gasteiger partial charge in [-0.15, -0.1) is 0 Å². The maximum atomic E-state index is 12.9. The fourth-order valence-electron chi connectivity index (χ4n) is 2.56. The standard InChI is InChI=1S/C20H20N2O5/c1-20(2,19(24)25)27-12-16-15-6-4-5-7-17(15)22(21-16)18(23)13-8-10-14(26-3)11-9-13/h4-11H,12H2,1-3H3,(H,24,25). The lowest BCUT2D eigenvalue weighted by atomic mass is 10.1. The second kappa shape index (κ2) is 7.20. The minimum atomic E-state index is -1.36. The van der Waals surface area contributed by atoms with E-state index in [0.29, 0.717) is 22.5 Å². The van der Waals surface area contributed by atoms with E-state index in [1.807, 2.05) is 18.2 Å². The number of fused-ring (bicyclic) bond motifs is 1. The number of benzene rings is 2. The van der Waals surface area contributed by atoms with Crippen LogP contribution in [0.15, 0.2) is 48.5 Å². The fourth-order valence-corrected chi connectivity index (χ4v) is 2.56. The predicted octanol–water partition coefficient (Wildman–Crippen LogP) is 3.11. The van der Waals surface area contributed by atoms with Crippen molar-refractivity contribution in [3.05, 3.63) is 59.8 Å². The van der Waals surface area contributed by atoms with Gasteiger partial charge in [0.1, 0.15) is 5.75 Å². The van der Waals surface area contributed by atoms with Crippen molar-refractivity contribution >= 4 is 22.8 Å². The summed E-state index contributed by atoms with van der Waals surface area (Å²) in [6.07, 6.45) is 0. The maximum Gasteiger partial charge on any atom is 0.335 e. The molecule has 3 rings (SSSR count). The van der Waals surface area contributed by atoms with E-state index in [2.05, 4.69) is 5.10 Å². The van der Waals surface area contributed by atoms with Crippen LogP contribution in [-0.2, 0) is 16.1 Å². The molecule has 0 saturated heterocycles. The highest BCUT2D eigenvalue weighted by molar-refractivity contribution is 6.01. The smallest absolute Gasteiger partial charge is 0.335 e. The highest BCUT2D eigenvalue weighted by Crippen LogP contribution is 2.23.